The fourth-order valence-electron chi connectivity index (χ4n) is 4.95. The molecule has 1 aliphatic heterocycles. The molecule has 0 spiro atoms. The van der Waals surface area contributed by atoms with E-state index in [9.17, 15) is 10.1 Å². The van der Waals surface area contributed by atoms with Crippen molar-refractivity contribution in [3.05, 3.63) is 89.6 Å². The van der Waals surface area contributed by atoms with Gasteiger partial charge in [-0.1, -0.05) is 12.1 Å². The van der Waals surface area contributed by atoms with Crippen LogP contribution in [0, 0.1) is 25.2 Å². The number of benzene rings is 2. The zero-order valence-corrected chi connectivity index (χ0v) is 22.8. The Kier molecular flexibility index (Phi) is 7.10. The first kappa shape index (κ1) is 26.1. The van der Waals surface area contributed by atoms with Crippen molar-refractivity contribution < 1.29 is 9.53 Å². The number of anilines is 3. The number of pyridine rings is 1. The summed E-state index contributed by atoms with van der Waals surface area (Å²) in [5.74, 6) is 0.301. The van der Waals surface area contributed by atoms with Crippen LogP contribution in [0.2, 0.25) is 0 Å². The first-order chi connectivity index (χ1) is 20.0. The van der Waals surface area contributed by atoms with E-state index in [1.807, 2.05) is 48.7 Å². The zero-order valence-electron chi connectivity index (χ0n) is 22.8. The van der Waals surface area contributed by atoms with Gasteiger partial charge in [-0.3, -0.25) is 9.36 Å². The number of fused-ring (bicyclic) bond motifs is 1. The Morgan fingerprint density at radius 2 is 1.93 bits per heavy atom. The van der Waals surface area contributed by atoms with Crippen LogP contribution in [0.5, 0.6) is 0 Å². The van der Waals surface area contributed by atoms with Crippen molar-refractivity contribution in [1.29, 1.82) is 5.26 Å². The summed E-state index contributed by atoms with van der Waals surface area (Å²) in [6.07, 6.45) is 8.02. The molecule has 5 aromatic rings. The van der Waals surface area contributed by atoms with Gasteiger partial charge in [0.25, 0.3) is 5.91 Å². The van der Waals surface area contributed by atoms with Crippen molar-refractivity contribution in [2.75, 3.05) is 17.2 Å². The highest BCUT2D eigenvalue weighted by Crippen LogP contribution is 2.34. The molecule has 0 aliphatic carbocycles. The van der Waals surface area contributed by atoms with E-state index in [4.69, 9.17) is 4.74 Å². The molecule has 2 N–H and O–H groups in total. The van der Waals surface area contributed by atoms with E-state index in [-0.39, 0.29) is 12.1 Å². The van der Waals surface area contributed by atoms with Crippen molar-refractivity contribution in [1.82, 2.24) is 24.5 Å². The molecular weight excluding hydrogens is 516 g/mol. The van der Waals surface area contributed by atoms with Gasteiger partial charge in [0, 0.05) is 35.3 Å². The number of amides is 1. The second-order valence-corrected chi connectivity index (χ2v) is 10.0. The summed E-state index contributed by atoms with van der Waals surface area (Å²) < 4.78 is 7.95. The number of carbonyl (C=O) groups excluding carboxylic acids is 1. The second kappa shape index (κ2) is 11.2. The van der Waals surface area contributed by atoms with Gasteiger partial charge < -0.3 is 15.4 Å². The number of nitrogens with zero attached hydrogens (tertiary/aromatic N) is 6. The van der Waals surface area contributed by atoms with Gasteiger partial charge in [-0.05, 0) is 80.6 Å². The van der Waals surface area contributed by atoms with Crippen LogP contribution < -0.4 is 10.6 Å². The molecule has 0 bridgehead atoms. The lowest BCUT2D eigenvalue weighted by Crippen LogP contribution is -2.17. The molecule has 0 saturated carbocycles. The Morgan fingerprint density at radius 3 is 2.76 bits per heavy atom. The van der Waals surface area contributed by atoms with E-state index in [1.54, 1.807) is 37.1 Å². The van der Waals surface area contributed by atoms with Gasteiger partial charge >= 0.3 is 0 Å². The molecule has 1 saturated heterocycles. The van der Waals surface area contributed by atoms with Crippen molar-refractivity contribution >= 4 is 34.3 Å². The largest absolute Gasteiger partial charge is 0.358 e. The molecule has 4 heterocycles. The lowest BCUT2D eigenvalue weighted by Gasteiger charge is -2.23. The summed E-state index contributed by atoms with van der Waals surface area (Å²) in [6.45, 7) is 4.54. The molecule has 2 aromatic carbocycles. The molecule has 3 aromatic heterocycles. The number of carbonyl (C=O) groups is 1. The first-order valence-electron chi connectivity index (χ1n) is 13.5. The maximum Gasteiger partial charge on any atom is 0.255 e. The van der Waals surface area contributed by atoms with Crippen LogP contribution in [-0.4, -0.2) is 37.0 Å². The quantitative estimate of drug-likeness (QED) is 0.263. The number of aromatic nitrogens is 5. The van der Waals surface area contributed by atoms with Crippen LogP contribution in [0.3, 0.4) is 0 Å². The smallest absolute Gasteiger partial charge is 0.255 e. The molecule has 204 valence electrons. The minimum absolute atomic E-state index is 0.0880. The molecule has 10 heteroatoms. The van der Waals surface area contributed by atoms with Gasteiger partial charge in [-0.2, -0.15) is 5.26 Å². The number of rotatable bonds is 6. The average Bonchev–Trinajstić information content (AvgIpc) is 3.44. The van der Waals surface area contributed by atoms with E-state index in [2.05, 4.69) is 36.6 Å². The third-order valence-corrected chi connectivity index (χ3v) is 7.26. The minimum atomic E-state index is -0.296. The van der Waals surface area contributed by atoms with Crippen molar-refractivity contribution in [3.63, 3.8) is 0 Å². The predicted molar refractivity (Wildman–Crippen MR) is 156 cm³/mol. The maximum absolute atomic E-state index is 12.9. The summed E-state index contributed by atoms with van der Waals surface area (Å²) in [5, 5.41) is 15.7. The number of hydrogen-bond acceptors (Lipinski definition) is 8. The van der Waals surface area contributed by atoms with Gasteiger partial charge in [0.1, 0.15) is 29.6 Å². The monoisotopic (exact) mass is 544 g/mol. The standard InChI is InChI=1S/C31H28N8O2/c1-19-8-10-21(14-22(19)16-32)31(40)37-23-11-9-20(2)25(15-23)38-29-24(6-5-12-33-29)27-28-30(35-17-34-27)39(18-36-28)26-7-3-4-13-41-26/h5-6,8-12,14-15,17-18,26H,3-4,7,13H2,1-2H3,(H,33,38)(H,37,40). The third-order valence-electron chi connectivity index (χ3n) is 7.26. The third kappa shape index (κ3) is 5.23. The van der Waals surface area contributed by atoms with Crippen LogP contribution in [0.4, 0.5) is 17.2 Å². The summed E-state index contributed by atoms with van der Waals surface area (Å²) >= 11 is 0. The lowest BCUT2D eigenvalue weighted by molar-refractivity contribution is -0.0298. The predicted octanol–water partition coefficient (Wildman–Crippen LogP) is 6.07. The molecular formula is C31H28N8O2. The second-order valence-electron chi connectivity index (χ2n) is 10.0. The fraction of sp³-hybridized carbons (Fsp3) is 0.226. The Morgan fingerprint density at radius 1 is 1.05 bits per heavy atom. The summed E-state index contributed by atoms with van der Waals surface area (Å²) in [5.41, 5.74) is 6.88. The highest BCUT2D eigenvalue weighted by atomic mass is 16.5. The average molecular weight is 545 g/mol. The summed E-state index contributed by atoms with van der Waals surface area (Å²) in [7, 11) is 0. The molecule has 1 fully saturated rings. The minimum Gasteiger partial charge on any atom is -0.358 e. The topological polar surface area (TPSA) is 131 Å². The van der Waals surface area contributed by atoms with Crippen LogP contribution in [0.1, 0.15) is 52.5 Å². The molecule has 1 aliphatic rings. The molecule has 1 amide bonds. The van der Waals surface area contributed by atoms with E-state index >= 15 is 0 Å². The molecule has 41 heavy (non-hydrogen) atoms. The number of ether oxygens (including phenoxy) is 1. The molecule has 1 unspecified atom stereocenters. The normalized spacial score (nSPS) is 14.9. The van der Waals surface area contributed by atoms with E-state index < -0.39 is 0 Å². The summed E-state index contributed by atoms with van der Waals surface area (Å²) in [4.78, 5) is 31.3. The van der Waals surface area contributed by atoms with Gasteiger partial charge in [-0.25, -0.2) is 19.9 Å². The number of hydrogen-bond donors (Lipinski definition) is 2. The van der Waals surface area contributed by atoms with Crippen LogP contribution in [-0.2, 0) is 4.74 Å². The Balaban J connectivity index is 1.30. The van der Waals surface area contributed by atoms with E-state index in [0.29, 0.717) is 39.5 Å². The van der Waals surface area contributed by atoms with Gasteiger partial charge in [0.15, 0.2) is 5.65 Å². The zero-order chi connectivity index (χ0) is 28.3. The Bertz CT molecular complexity index is 1800. The van der Waals surface area contributed by atoms with Crippen molar-refractivity contribution in [2.45, 2.75) is 39.3 Å². The fourth-order valence-corrected chi connectivity index (χ4v) is 4.95. The molecule has 10 nitrogen and oxygen atoms in total. The number of nitrogens with one attached hydrogen (secondary N) is 2. The SMILES string of the molecule is Cc1ccc(C(=O)Nc2ccc(C)c(Nc3ncccc3-c3ncnc4c3ncn4C3CCCCO3)c2)cc1C#N. The summed E-state index contributed by atoms with van der Waals surface area (Å²) in [6, 6.07) is 16.6. The van der Waals surface area contributed by atoms with E-state index in [1.165, 1.54) is 0 Å². The number of aryl methyl sites for hydroxylation is 2. The molecule has 1 atom stereocenters. The molecule has 6 rings (SSSR count). The van der Waals surface area contributed by atoms with Crippen LogP contribution in [0.15, 0.2) is 67.4 Å². The first-order valence-corrected chi connectivity index (χ1v) is 13.5. The maximum atomic E-state index is 12.9. The van der Waals surface area contributed by atoms with E-state index in [0.717, 1.165) is 48.2 Å². The lowest BCUT2D eigenvalue weighted by atomic mass is 10.1. The van der Waals surface area contributed by atoms with Gasteiger partial charge in [0.2, 0.25) is 0 Å². The highest BCUT2D eigenvalue weighted by molar-refractivity contribution is 6.05. The van der Waals surface area contributed by atoms with Crippen LogP contribution >= 0.6 is 0 Å². The van der Waals surface area contributed by atoms with Crippen molar-refractivity contribution in [2.24, 2.45) is 0 Å². The Hall–Kier alpha value is -5.14. The van der Waals surface area contributed by atoms with Gasteiger partial charge in [0.05, 0.1) is 18.0 Å². The Labute approximate surface area is 237 Å². The molecule has 0 radical (unpaired) electrons. The number of imidazole rings is 1. The van der Waals surface area contributed by atoms with Crippen molar-refractivity contribution in [3.8, 4) is 17.3 Å². The van der Waals surface area contributed by atoms with Gasteiger partial charge in [-0.15, -0.1) is 0 Å². The number of nitriles is 1. The highest BCUT2D eigenvalue weighted by Gasteiger charge is 2.22. The van der Waals surface area contributed by atoms with Crippen LogP contribution in [0.25, 0.3) is 22.4 Å².